The first kappa shape index (κ1) is 21.0. The highest BCUT2D eigenvalue weighted by molar-refractivity contribution is 6.01. The van der Waals surface area contributed by atoms with Gasteiger partial charge in [0, 0.05) is 38.3 Å². The Balaban J connectivity index is 1.26. The number of amides is 1. The molecule has 1 unspecified atom stereocenters. The SMILES string of the molecule is N#Cc1ccc(N2CCCN(CC(=O)N3N=C(c4ccco4)CC3c3ccco3)CC2)cc1. The third kappa shape index (κ3) is 4.54. The third-order valence-electron chi connectivity index (χ3n) is 6.15. The third-order valence-corrected chi connectivity index (χ3v) is 6.15. The first-order valence-corrected chi connectivity index (χ1v) is 11.2. The average Bonchev–Trinajstić information content (AvgIpc) is 3.59. The van der Waals surface area contributed by atoms with Crippen LogP contribution in [0.3, 0.4) is 0 Å². The van der Waals surface area contributed by atoms with Crippen molar-refractivity contribution in [3.8, 4) is 6.07 Å². The van der Waals surface area contributed by atoms with Gasteiger partial charge in [-0.15, -0.1) is 0 Å². The Kier molecular flexibility index (Phi) is 5.96. The largest absolute Gasteiger partial charge is 0.467 e. The second-order valence-electron chi connectivity index (χ2n) is 8.27. The highest BCUT2D eigenvalue weighted by Crippen LogP contribution is 2.33. The summed E-state index contributed by atoms with van der Waals surface area (Å²) in [7, 11) is 0. The Hall–Kier alpha value is -3.83. The van der Waals surface area contributed by atoms with Crippen molar-refractivity contribution in [1.82, 2.24) is 9.91 Å². The maximum atomic E-state index is 13.3. The van der Waals surface area contributed by atoms with Gasteiger partial charge in [-0.2, -0.15) is 10.4 Å². The first-order chi connectivity index (χ1) is 16.2. The number of carbonyl (C=O) groups excluding carboxylic acids is 1. The summed E-state index contributed by atoms with van der Waals surface area (Å²) in [6, 6.07) is 16.9. The molecule has 8 nitrogen and oxygen atoms in total. The lowest BCUT2D eigenvalue weighted by Gasteiger charge is -2.25. The predicted octanol–water partition coefficient (Wildman–Crippen LogP) is 3.63. The molecule has 2 aliphatic heterocycles. The summed E-state index contributed by atoms with van der Waals surface area (Å²) in [5, 5.41) is 15.2. The van der Waals surface area contributed by atoms with Crippen LogP contribution in [0.15, 0.2) is 75.0 Å². The van der Waals surface area contributed by atoms with Crippen molar-refractivity contribution in [2.45, 2.75) is 18.9 Å². The van der Waals surface area contributed by atoms with Gasteiger partial charge in [0.1, 0.15) is 23.3 Å². The predicted molar refractivity (Wildman–Crippen MR) is 123 cm³/mol. The maximum absolute atomic E-state index is 13.3. The van der Waals surface area contributed by atoms with Crippen LogP contribution in [0.2, 0.25) is 0 Å². The molecule has 0 aliphatic carbocycles. The molecular formula is C25H25N5O3. The van der Waals surface area contributed by atoms with Gasteiger partial charge < -0.3 is 13.7 Å². The van der Waals surface area contributed by atoms with E-state index in [1.54, 1.807) is 17.5 Å². The number of carbonyl (C=O) groups is 1. The lowest BCUT2D eigenvalue weighted by Crippen LogP contribution is -2.40. The zero-order chi connectivity index (χ0) is 22.6. The van der Waals surface area contributed by atoms with Gasteiger partial charge in [-0.1, -0.05) is 0 Å². The van der Waals surface area contributed by atoms with Gasteiger partial charge in [0.05, 0.1) is 30.7 Å². The Morgan fingerprint density at radius 2 is 1.85 bits per heavy atom. The zero-order valence-electron chi connectivity index (χ0n) is 18.3. The standard InChI is InChI=1S/C25H25N5O3/c26-17-19-6-8-20(9-7-19)29-11-3-10-28(12-13-29)18-25(31)30-22(24-5-2-15-33-24)16-21(27-30)23-4-1-14-32-23/h1-2,4-9,14-15,22H,3,10-13,16,18H2. The van der Waals surface area contributed by atoms with Crippen molar-refractivity contribution in [2.24, 2.45) is 5.10 Å². The van der Waals surface area contributed by atoms with Crippen molar-refractivity contribution in [3.63, 3.8) is 0 Å². The van der Waals surface area contributed by atoms with Gasteiger partial charge in [-0.25, -0.2) is 5.01 Å². The lowest BCUT2D eigenvalue weighted by molar-refractivity contribution is -0.134. The highest BCUT2D eigenvalue weighted by atomic mass is 16.3. The molecule has 3 aromatic rings. The van der Waals surface area contributed by atoms with E-state index in [1.165, 1.54) is 0 Å². The van der Waals surface area contributed by atoms with Crippen LogP contribution in [0.4, 0.5) is 5.69 Å². The van der Waals surface area contributed by atoms with E-state index in [1.807, 2.05) is 48.5 Å². The van der Waals surface area contributed by atoms with Crippen molar-refractivity contribution in [2.75, 3.05) is 37.6 Å². The van der Waals surface area contributed by atoms with Crippen LogP contribution >= 0.6 is 0 Å². The van der Waals surface area contributed by atoms with E-state index < -0.39 is 0 Å². The molecule has 0 spiro atoms. The van der Waals surface area contributed by atoms with Crippen LogP contribution in [0, 0.1) is 11.3 Å². The monoisotopic (exact) mass is 443 g/mol. The smallest absolute Gasteiger partial charge is 0.257 e. The number of anilines is 1. The fourth-order valence-electron chi connectivity index (χ4n) is 4.43. The number of nitrogens with zero attached hydrogens (tertiary/aromatic N) is 5. The minimum atomic E-state index is -0.269. The lowest BCUT2D eigenvalue weighted by atomic mass is 10.1. The summed E-state index contributed by atoms with van der Waals surface area (Å²) in [6.45, 7) is 3.65. The number of hydrogen-bond acceptors (Lipinski definition) is 7. The van der Waals surface area contributed by atoms with Gasteiger partial charge in [0.25, 0.3) is 5.91 Å². The Morgan fingerprint density at radius 1 is 1.03 bits per heavy atom. The summed E-state index contributed by atoms with van der Waals surface area (Å²) in [4.78, 5) is 17.8. The van der Waals surface area contributed by atoms with E-state index in [0.29, 0.717) is 24.3 Å². The summed E-state index contributed by atoms with van der Waals surface area (Å²) in [5.41, 5.74) is 2.51. The molecular weight excluding hydrogens is 418 g/mol. The van der Waals surface area contributed by atoms with Crippen molar-refractivity contribution in [3.05, 3.63) is 78.1 Å². The van der Waals surface area contributed by atoms with E-state index in [9.17, 15) is 4.79 Å². The minimum absolute atomic E-state index is 0.0511. The zero-order valence-corrected chi connectivity index (χ0v) is 18.3. The van der Waals surface area contributed by atoms with Crippen LogP contribution < -0.4 is 4.90 Å². The molecule has 2 aliphatic rings. The first-order valence-electron chi connectivity index (χ1n) is 11.2. The van der Waals surface area contributed by atoms with Crippen LogP contribution in [0.1, 0.15) is 36.0 Å². The molecule has 0 bridgehead atoms. The van der Waals surface area contributed by atoms with Crippen molar-refractivity contribution in [1.29, 1.82) is 5.26 Å². The fraction of sp³-hybridized carbons (Fsp3) is 0.320. The molecule has 1 fully saturated rings. The molecule has 1 atom stereocenters. The fourth-order valence-corrected chi connectivity index (χ4v) is 4.43. The number of nitriles is 1. The highest BCUT2D eigenvalue weighted by Gasteiger charge is 2.36. The summed E-state index contributed by atoms with van der Waals surface area (Å²) in [5.74, 6) is 1.34. The molecule has 1 aromatic carbocycles. The molecule has 168 valence electrons. The van der Waals surface area contributed by atoms with E-state index in [4.69, 9.17) is 14.1 Å². The Labute approximate surface area is 192 Å². The summed E-state index contributed by atoms with van der Waals surface area (Å²) < 4.78 is 11.1. The van der Waals surface area contributed by atoms with E-state index in [2.05, 4.69) is 21.0 Å². The van der Waals surface area contributed by atoms with Crippen molar-refractivity contribution < 1.29 is 13.6 Å². The van der Waals surface area contributed by atoms with Crippen LogP contribution in [-0.2, 0) is 4.79 Å². The van der Waals surface area contributed by atoms with E-state index in [0.717, 1.165) is 49.8 Å². The molecule has 33 heavy (non-hydrogen) atoms. The molecule has 1 amide bonds. The molecule has 8 heteroatoms. The van der Waals surface area contributed by atoms with Crippen molar-refractivity contribution >= 4 is 17.3 Å². The van der Waals surface area contributed by atoms with Gasteiger partial charge in [0.2, 0.25) is 0 Å². The number of benzene rings is 1. The second-order valence-corrected chi connectivity index (χ2v) is 8.27. The minimum Gasteiger partial charge on any atom is -0.467 e. The summed E-state index contributed by atoms with van der Waals surface area (Å²) >= 11 is 0. The molecule has 0 N–H and O–H groups in total. The Morgan fingerprint density at radius 3 is 2.58 bits per heavy atom. The van der Waals surface area contributed by atoms with E-state index in [-0.39, 0.29) is 11.9 Å². The van der Waals surface area contributed by atoms with E-state index >= 15 is 0 Å². The molecule has 4 heterocycles. The quantitative estimate of drug-likeness (QED) is 0.598. The topological polar surface area (TPSA) is 89.2 Å². The Bertz CT molecular complexity index is 1150. The summed E-state index contributed by atoms with van der Waals surface area (Å²) in [6.07, 6.45) is 4.74. The molecule has 5 rings (SSSR count). The number of hydrazone groups is 1. The molecule has 2 aromatic heterocycles. The van der Waals surface area contributed by atoms with Crippen LogP contribution in [0.25, 0.3) is 0 Å². The number of rotatable bonds is 5. The van der Waals surface area contributed by atoms with Gasteiger partial charge in [-0.3, -0.25) is 9.69 Å². The molecule has 0 saturated carbocycles. The van der Waals surface area contributed by atoms with Crippen LogP contribution in [0.5, 0.6) is 0 Å². The van der Waals surface area contributed by atoms with Gasteiger partial charge >= 0.3 is 0 Å². The maximum Gasteiger partial charge on any atom is 0.257 e. The van der Waals surface area contributed by atoms with Gasteiger partial charge in [0.15, 0.2) is 0 Å². The normalized spacial score (nSPS) is 19.2. The molecule has 0 radical (unpaired) electrons. The average molecular weight is 444 g/mol. The van der Waals surface area contributed by atoms with Gasteiger partial charge in [-0.05, 0) is 55.0 Å². The number of hydrogen-bond donors (Lipinski definition) is 0. The second kappa shape index (κ2) is 9.35. The van der Waals surface area contributed by atoms with Crippen LogP contribution in [-0.4, -0.2) is 54.3 Å². The number of furan rings is 2. The molecule has 1 saturated heterocycles.